The van der Waals surface area contributed by atoms with Gasteiger partial charge in [-0.05, 0) is 37.3 Å². The molecule has 31 heavy (non-hydrogen) atoms. The maximum Gasteiger partial charge on any atom is 0.416 e. The van der Waals surface area contributed by atoms with Crippen LogP contribution in [0.2, 0.25) is 0 Å². The number of alkyl halides is 3. The first kappa shape index (κ1) is 21.9. The van der Waals surface area contributed by atoms with Gasteiger partial charge in [0.05, 0.1) is 11.3 Å². The monoisotopic (exact) mass is 433 g/mol. The molecule has 0 unspecified atom stereocenters. The van der Waals surface area contributed by atoms with Crippen molar-refractivity contribution in [3.63, 3.8) is 0 Å². The number of aromatic nitrogens is 2. The molecule has 10 heteroatoms. The Morgan fingerprint density at radius 3 is 2.29 bits per heavy atom. The molecule has 7 nitrogen and oxygen atoms in total. The molecule has 0 amide bonds. The van der Waals surface area contributed by atoms with E-state index in [1.807, 2.05) is 0 Å². The topological polar surface area (TPSA) is 108 Å². The van der Waals surface area contributed by atoms with Crippen LogP contribution in [0.4, 0.5) is 13.2 Å². The number of phenolic OH excluding ortho intramolecular Hbond substituents is 2. The molecule has 1 aromatic heterocycles. The summed E-state index contributed by atoms with van der Waals surface area (Å²) >= 11 is 0. The minimum Gasteiger partial charge on any atom is -0.504 e. The molecule has 3 aromatic rings. The predicted octanol–water partition coefficient (Wildman–Crippen LogP) is 3.91. The van der Waals surface area contributed by atoms with Crippen molar-refractivity contribution < 1.29 is 33.3 Å². The molecule has 1 heterocycles. The fraction of sp³-hybridized carbons (Fsp3) is 0.190. The number of carbonyl (C=O) groups excluding carboxylic acids is 1. The van der Waals surface area contributed by atoms with Gasteiger partial charge in [-0.3, -0.25) is 14.5 Å². The summed E-state index contributed by atoms with van der Waals surface area (Å²) in [5, 5.41) is 33.6. The van der Waals surface area contributed by atoms with Crippen LogP contribution < -0.4 is 0 Å². The highest BCUT2D eigenvalue weighted by Gasteiger charge is 2.30. The summed E-state index contributed by atoms with van der Waals surface area (Å²) in [7, 11) is 1.52. The number of benzene rings is 2. The molecule has 0 saturated carbocycles. The van der Waals surface area contributed by atoms with Crippen LogP contribution in [-0.2, 0) is 13.2 Å². The van der Waals surface area contributed by atoms with Crippen molar-refractivity contribution in [3.05, 3.63) is 59.3 Å². The zero-order chi connectivity index (χ0) is 22.9. The Hall–Kier alpha value is -3.82. The van der Waals surface area contributed by atoms with Gasteiger partial charge in [-0.2, -0.15) is 18.3 Å². The highest BCUT2D eigenvalue weighted by atomic mass is 19.4. The first-order valence-corrected chi connectivity index (χ1v) is 8.99. The van der Waals surface area contributed by atoms with Crippen molar-refractivity contribution in [3.8, 4) is 28.5 Å². The maximum absolute atomic E-state index is 12.8. The molecular formula is C21H18F3N3O4. The second-order valence-corrected chi connectivity index (χ2v) is 6.77. The first-order chi connectivity index (χ1) is 14.5. The number of hydrogen-bond donors (Lipinski definition) is 3. The minimum absolute atomic E-state index is 0.0822. The van der Waals surface area contributed by atoms with Crippen LogP contribution >= 0.6 is 0 Å². The number of ketones is 1. The lowest BCUT2D eigenvalue weighted by molar-refractivity contribution is -0.137. The normalized spacial score (nSPS) is 12.2. The van der Waals surface area contributed by atoms with Gasteiger partial charge in [0.25, 0.3) is 0 Å². The summed E-state index contributed by atoms with van der Waals surface area (Å²) in [5.74, 6) is -1.51. The second kappa shape index (κ2) is 8.13. The summed E-state index contributed by atoms with van der Waals surface area (Å²) < 4.78 is 39.6. The van der Waals surface area contributed by atoms with Gasteiger partial charge in [-0.15, -0.1) is 0 Å². The van der Waals surface area contributed by atoms with Crippen LogP contribution in [0.15, 0.2) is 47.5 Å². The fourth-order valence-corrected chi connectivity index (χ4v) is 2.95. The predicted molar refractivity (Wildman–Crippen MR) is 106 cm³/mol. The molecule has 3 N–H and O–H groups in total. The van der Waals surface area contributed by atoms with E-state index in [4.69, 9.17) is 0 Å². The Kier molecular flexibility index (Phi) is 5.74. The molecule has 0 aliphatic carbocycles. The van der Waals surface area contributed by atoms with Crippen LogP contribution in [0.1, 0.15) is 28.5 Å². The minimum atomic E-state index is -4.47. The van der Waals surface area contributed by atoms with Crippen LogP contribution in [0.25, 0.3) is 11.3 Å². The van der Waals surface area contributed by atoms with E-state index in [-0.39, 0.29) is 40.7 Å². The number of aliphatic imine (C=N–C) groups is 1. The molecule has 0 saturated heterocycles. The van der Waals surface area contributed by atoms with Crippen molar-refractivity contribution >= 4 is 11.5 Å². The van der Waals surface area contributed by atoms with Crippen LogP contribution in [0.5, 0.6) is 17.2 Å². The van der Waals surface area contributed by atoms with E-state index in [1.54, 1.807) is 0 Å². The molecule has 2 aromatic carbocycles. The van der Waals surface area contributed by atoms with Crippen molar-refractivity contribution in [2.75, 3.05) is 6.54 Å². The number of Topliss-reactive ketones (excluding diaryl/α,β-unsaturated/α-hetero) is 1. The Morgan fingerprint density at radius 2 is 1.71 bits per heavy atom. The molecule has 0 fully saturated rings. The summed E-state index contributed by atoms with van der Waals surface area (Å²) in [6.07, 6.45) is -4.47. The van der Waals surface area contributed by atoms with Gasteiger partial charge < -0.3 is 15.3 Å². The molecule has 0 spiro atoms. The van der Waals surface area contributed by atoms with Crippen LogP contribution in [-0.4, -0.2) is 43.1 Å². The van der Waals surface area contributed by atoms with Gasteiger partial charge >= 0.3 is 6.18 Å². The average molecular weight is 433 g/mol. The molecule has 0 atom stereocenters. The molecule has 0 aliphatic heterocycles. The quantitative estimate of drug-likeness (QED) is 0.321. The zero-order valence-corrected chi connectivity index (χ0v) is 16.5. The molecule has 162 valence electrons. The van der Waals surface area contributed by atoms with E-state index in [0.717, 1.165) is 18.2 Å². The Balaban J connectivity index is 1.85. The fourth-order valence-electron chi connectivity index (χ4n) is 2.95. The van der Waals surface area contributed by atoms with Crippen molar-refractivity contribution in [1.82, 2.24) is 9.78 Å². The number of halogens is 3. The summed E-state index contributed by atoms with van der Waals surface area (Å²) in [5.41, 5.74) is 0.182. The zero-order valence-electron chi connectivity index (χ0n) is 16.5. The van der Waals surface area contributed by atoms with Gasteiger partial charge in [-0.25, -0.2) is 0 Å². The van der Waals surface area contributed by atoms with Crippen molar-refractivity contribution in [2.24, 2.45) is 12.0 Å². The molecular weight excluding hydrogens is 415 g/mol. The van der Waals surface area contributed by atoms with E-state index in [2.05, 4.69) is 10.1 Å². The maximum atomic E-state index is 12.8. The van der Waals surface area contributed by atoms with Crippen LogP contribution in [0.3, 0.4) is 0 Å². The van der Waals surface area contributed by atoms with E-state index < -0.39 is 23.3 Å². The van der Waals surface area contributed by atoms with Gasteiger partial charge in [0, 0.05) is 18.2 Å². The Bertz CT molecular complexity index is 1170. The van der Waals surface area contributed by atoms with E-state index >= 15 is 0 Å². The van der Waals surface area contributed by atoms with E-state index in [9.17, 15) is 33.3 Å². The van der Waals surface area contributed by atoms with Crippen molar-refractivity contribution in [2.45, 2.75) is 13.1 Å². The van der Waals surface area contributed by atoms with Crippen molar-refractivity contribution in [1.29, 1.82) is 0 Å². The Labute approximate surface area is 174 Å². The third-order valence-electron chi connectivity index (χ3n) is 4.61. The third kappa shape index (κ3) is 4.52. The van der Waals surface area contributed by atoms with Gasteiger partial charge in [0.2, 0.25) is 0 Å². The van der Waals surface area contributed by atoms with E-state index in [1.165, 1.54) is 42.9 Å². The second-order valence-electron chi connectivity index (χ2n) is 6.77. The van der Waals surface area contributed by atoms with E-state index in [0.29, 0.717) is 5.56 Å². The first-order valence-electron chi connectivity index (χ1n) is 8.99. The van der Waals surface area contributed by atoms with Gasteiger partial charge in [0.15, 0.2) is 23.0 Å². The number of hydrogen-bond acceptors (Lipinski definition) is 6. The number of phenols is 2. The standard InChI is InChI=1S/C21H18F3N3O4/c1-11(25-10-17(30)13-5-8-15(28)16(29)9-13)18-20(31)19(27(2)26-18)12-3-6-14(7-4-12)21(22,23)24/h3-9,28-29,31H,10H2,1-2H3. The molecule has 0 bridgehead atoms. The number of aryl methyl sites for hydroxylation is 1. The molecule has 0 aliphatic rings. The molecule has 3 rings (SSSR count). The number of carbonyl (C=O) groups is 1. The number of nitrogens with zero attached hydrogens (tertiary/aromatic N) is 3. The summed E-state index contributed by atoms with van der Waals surface area (Å²) in [6, 6.07) is 7.92. The molecule has 0 radical (unpaired) electrons. The summed E-state index contributed by atoms with van der Waals surface area (Å²) in [6.45, 7) is 1.22. The Morgan fingerprint density at radius 1 is 1.06 bits per heavy atom. The lowest BCUT2D eigenvalue weighted by Crippen LogP contribution is -2.07. The van der Waals surface area contributed by atoms with Crippen LogP contribution in [0, 0.1) is 0 Å². The highest BCUT2D eigenvalue weighted by Crippen LogP contribution is 2.35. The lowest BCUT2D eigenvalue weighted by Gasteiger charge is -2.08. The number of rotatable bonds is 5. The lowest BCUT2D eigenvalue weighted by atomic mass is 10.1. The van der Waals surface area contributed by atoms with Gasteiger partial charge in [-0.1, -0.05) is 12.1 Å². The number of aromatic hydroxyl groups is 3. The smallest absolute Gasteiger partial charge is 0.416 e. The third-order valence-corrected chi connectivity index (χ3v) is 4.61. The highest BCUT2D eigenvalue weighted by molar-refractivity contribution is 6.04. The van der Waals surface area contributed by atoms with Gasteiger partial charge in [0.1, 0.15) is 17.9 Å². The SMILES string of the molecule is CC(=NCC(=O)c1ccc(O)c(O)c1)c1nn(C)c(-c2ccc(C(F)(F)F)cc2)c1O. The summed E-state index contributed by atoms with van der Waals surface area (Å²) in [4.78, 5) is 16.4. The average Bonchev–Trinajstić information content (AvgIpc) is 3.01. The largest absolute Gasteiger partial charge is 0.504 e.